The second-order valence-electron chi connectivity index (χ2n) is 7.36. The van der Waals surface area contributed by atoms with Crippen molar-refractivity contribution in [2.24, 2.45) is 5.10 Å². The maximum Gasteiger partial charge on any atom is 0.284 e. The first-order valence-electron chi connectivity index (χ1n) is 9.76. The van der Waals surface area contributed by atoms with Crippen LogP contribution < -0.4 is 10.4 Å². The van der Waals surface area contributed by atoms with Gasteiger partial charge in [0.2, 0.25) is 0 Å². The van der Waals surface area contributed by atoms with E-state index in [4.69, 9.17) is 34.8 Å². The number of hydrogen-bond acceptors (Lipinski definition) is 5. The number of aliphatic hydroxyl groups is 1. The number of nitrogens with one attached hydrogen (secondary N) is 1. The lowest BCUT2D eigenvalue weighted by atomic mass is 9.98. The van der Waals surface area contributed by atoms with Crippen LogP contribution in [0.5, 0.6) is 0 Å². The largest absolute Gasteiger partial charge is 0.384 e. The number of halogens is 3. The van der Waals surface area contributed by atoms with E-state index in [0.717, 1.165) is 37.9 Å². The number of amides is 1. The molecule has 30 heavy (non-hydrogen) atoms. The molecule has 2 atom stereocenters. The molecule has 2 N–H and O–H groups in total. The lowest BCUT2D eigenvalue weighted by Crippen LogP contribution is -2.49. The van der Waals surface area contributed by atoms with Crippen LogP contribution in [0.15, 0.2) is 47.6 Å². The number of piperidine rings is 1. The highest BCUT2D eigenvalue weighted by molar-refractivity contribution is 6.41. The van der Waals surface area contributed by atoms with Crippen LogP contribution >= 0.6 is 34.8 Å². The Bertz CT molecular complexity index is 961. The highest BCUT2D eigenvalue weighted by Crippen LogP contribution is 2.40. The van der Waals surface area contributed by atoms with Crippen LogP contribution in [0, 0.1) is 0 Å². The minimum Gasteiger partial charge on any atom is -0.384 e. The maximum absolute atomic E-state index is 12.9. The molecule has 0 radical (unpaired) electrons. The Morgan fingerprint density at radius 3 is 2.33 bits per heavy atom. The molecule has 2 aliphatic heterocycles. The first kappa shape index (κ1) is 21.4. The summed E-state index contributed by atoms with van der Waals surface area (Å²) < 4.78 is 0. The Hall–Kier alpha value is -1.83. The van der Waals surface area contributed by atoms with E-state index in [2.05, 4.69) is 10.5 Å². The highest BCUT2D eigenvalue weighted by atomic mass is 35.5. The molecule has 0 aliphatic carbocycles. The zero-order chi connectivity index (χ0) is 21.3. The first-order chi connectivity index (χ1) is 14.4. The van der Waals surface area contributed by atoms with Crippen molar-refractivity contribution in [1.29, 1.82) is 0 Å². The van der Waals surface area contributed by atoms with Crippen LogP contribution in [-0.2, 0) is 4.79 Å². The van der Waals surface area contributed by atoms with E-state index in [1.807, 2.05) is 5.01 Å². The summed E-state index contributed by atoms with van der Waals surface area (Å²) >= 11 is 18.5. The Morgan fingerprint density at radius 2 is 1.67 bits per heavy atom. The third kappa shape index (κ3) is 4.43. The number of nitrogens with zero attached hydrogens (tertiary/aromatic N) is 3. The van der Waals surface area contributed by atoms with E-state index >= 15 is 0 Å². The molecule has 0 bridgehead atoms. The second kappa shape index (κ2) is 9.12. The first-order valence-corrected chi connectivity index (χ1v) is 10.9. The van der Waals surface area contributed by atoms with Gasteiger partial charge in [0.1, 0.15) is 12.1 Å². The van der Waals surface area contributed by atoms with Gasteiger partial charge in [-0.05, 0) is 48.7 Å². The van der Waals surface area contributed by atoms with Gasteiger partial charge in [0, 0.05) is 23.1 Å². The summed E-state index contributed by atoms with van der Waals surface area (Å²) in [4.78, 5) is 12.9. The molecule has 0 aromatic heterocycles. The third-order valence-electron chi connectivity index (χ3n) is 5.27. The van der Waals surface area contributed by atoms with Crippen LogP contribution in [0.2, 0.25) is 15.1 Å². The van der Waals surface area contributed by atoms with Crippen LogP contribution in [0.25, 0.3) is 0 Å². The molecule has 0 saturated carbocycles. The van der Waals surface area contributed by atoms with Gasteiger partial charge in [-0.25, -0.2) is 5.01 Å². The Kier molecular flexibility index (Phi) is 6.51. The van der Waals surface area contributed by atoms with Crippen molar-refractivity contribution in [3.8, 4) is 0 Å². The molecule has 2 unspecified atom stereocenters. The van der Waals surface area contributed by atoms with Gasteiger partial charge in [-0.2, -0.15) is 5.10 Å². The van der Waals surface area contributed by atoms with Gasteiger partial charge in [-0.3, -0.25) is 15.2 Å². The monoisotopic (exact) mass is 466 g/mol. The number of hydrazine groups is 1. The van der Waals surface area contributed by atoms with Gasteiger partial charge in [-0.15, -0.1) is 0 Å². The molecular formula is C21H21Cl3N4O2. The minimum absolute atomic E-state index is 0.0338. The van der Waals surface area contributed by atoms with E-state index in [1.54, 1.807) is 47.5 Å². The zero-order valence-electron chi connectivity index (χ0n) is 16.1. The number of hydrazone groups is 1. The van der Waals surface area contributed by atoms with E-state index in [0.29, 0.717) is 20.8 Å². The van der Waals surface area contributed by atoms with Gasteiger partial charge in [0.05, 0.1) is 10.7 Å². The summed E-state index contributed by atoms with van der Waals surface area (Å²) in [6, 6.07) is 11.4. The van der Waals surface area contributed by atoms with Gasteiger partial charge < -0.3 is 5.11 Å². The number of hydrogen-bond donors (Lipinski definition) is 2. The van der Waals surface area contributed by atoms with Crippen LogP contribution in [0.4, 0.5) is 5.69 Å². The molecule has 9 heteroatoms. The molecule has 2 aromatic carbocycles. The normalized spacial score (nSPS) is 22.1. The van der Waals surface area contributed by atoms with Crippen molar-refractivity contribution in [2.45, 2.75) is 31.4 Å². The van der Waals surface area contributed by atoms with Gasteiger partial charge in [0.25, 0.3) is 5.91 Å². The van der Waals surface area contributed by atoms with Crippen molar-refractivity contribution >= 4 is 52.1 Å². The summed E-state index contributed by atoms with van der Waals surface area (Å²) in [5.74, 6) is -0.420. The molecule has 2 aliphatic rings. The van der Waals surface area contributed by atoms with Gasteiger partial charge in [0.15, 0.2) is 5.71 Å². The van der Waals surface area contributed by atoms with Gasteiger partial charge >= 0.3 is 0 Å². The lowest BCUT2D eigenvalue weighted by molar-refractivity contribution is -0.120. The summed E-state index contributed by atoms with van der Waals surface area (Å²) in [5, 5.41) is 20.4. The molecule has 2 heterocycles. The predicted octanol–water partition coefficient (Wildman–Crippen LogP) is 4.44. The van der Waals surface area contributed by atoms with Crippen molar-refractivity contribution in [1.82, 2.24) is 10.4 Å². The van der Waals surface area contributed by atoms with Crippen molar-refractivity contribution in [2.75, 3.05) is 18.1 Å². The average molecular weight is 468 g/mol. The number of anilines is 1. The molecule has 0 spiro atoms. The maximum atomic E-state index is 12.9. The topological polar surface area (TPSA) is 68.2 Å². The highest BCUT2D eigenvalue weighted by Gasteiger charge is 2.42. The number of aliphatic hydroxyl groups excluding tert-OH is 1. The summed E-state index contributed by atoms with van der Waals surface area (Å²) in [5.41, 5.74) is 4.20. The Morgan fingerprint density at radius 1 is 1.00 bits per heavy atom. The fourth-order valence-corrected chi connectivity index (χ4v) is 4.38. The van der Waals surface area contributed by atoms with E-state index in [9.17, 15) is 9.90 Å². The summed E-state index contributed by atoms with van der Waals surface area (Å²) in [7, 11) is 0. The molecule has 1 amide bonds. The predicted molar refractivity (Wildman–Crippen MR) is 120 cm³/mol. The SMILES string of the molecule is O=C(NN1CCCCC1)C1=NN(c2ccc(Cl)cc2Cl)C(c2ccc(Cl)cc2)C1O. The van der Waals surface area contributed by atoms with Crippen LogP contribution in [0.3, 0.4) is 0 Å². The van der Waals surface area contributed by atoms with E-state index < -0.39 is 18.1 Å². The number of carbonyl (C=O) groups is 1. The van der Waals surface area contributed by atoms with Crippen LogP contribution in [-0.4, -0.2) is 40.9 Å². The molecule has 158 valence electrons. The number of rotatable bonds is 4. The standard InChI is InChI=1S/C21H21Cl3N4O2/c22-14-6-4-13(5-7-14)19-20(29)18(21(30)26-27-10-2-1-3-11-27)25-28(19)17-9-8-15(23)12-16(17)24/h4-9,12,19-20,29H,1-3,10-11H2,(H,26,30). The molecule has 4 rings (SSSR count). The Labute approximate surface area is 190 Å². The van der Waals surface area contributed by atoms with E-state index in [-0.39, 0.29) is 5.71 Å². The van der Waals surface area contributed by atoms with Crippen molar-refractivity contribution < 1.29 is 9.90 Å². The minimum atomic E-state index is -1.15. The molecule has 1 saturated heterocycles. The summed E-state index contributed by atoms with van der Waals surface area (Å²) in [6.45, 7) is 1.56. The fourth-order valence-electron chi connectivity index (χ4n) is 3.76. The smallest absolute Gasteiger partial charge is 0.284 e. The van der Waals surface area contributed by atoms with E-state index in [1.165, 1.54) is 0 Å². The average Bonchev–Trinajstić information content (AvgIpc) is 3.06. The molecular weight excluding hydrogens is 447 g/mol. The second-order valence-corrected chi connectivity index (χ2v) is 8.64. The zero-order valence-corrected chi connectivity index (χ0v) is 18.3. The number of benzene rings is 2. The Balaban J connectivity index is 1.68. The van der Waals surface area contributed by atoms with Crippen molar-refractivity contribution in [3.05, 3.63) is 63.1 Å². The van der Waals surface area contributed by atoms with Crippen molar-refractivity contribution in [3.63, 3.8) is 0 Å². The molecule has 1 fully saturated rings. The molecule has 6 nitrogen and oxygen atoms in total. The summed E-state index contributed by atoms with van der Waals surface area (Å²) in [6.07, 6.45) is 2.05. The molecule has 2 aromatic rings. The number of carbonyl (C=O) groups excluding carboxylic acids is 1. The van der Waals surface area contributed by atoms with Crippen LogP contribution in [0.1, 0.15) is 30.9 Å². The lowest BCUT2D eigenvalue weighted by Gasteiger charge is -2.27. The van der Waals surface area contributed by atoms with Gasteiger partial charge in [-0.1, -0.05) is 53.4 Å². The fraction of sp³-hybridized carbons (Fsp3) is 0.333. The third-order valence-corrected chi connectivity index (χ3v) is 6.06. The quantitative estimate of drug-likeness (QED) is 0.697.